The number of nitrogens with one attached hydrogen (secondary N) is 1. The van der Waals surface area contributed by atoms with Gasteiger partial charge in [-0.2, -0.15) is 13.2 Å². The van der Waals surface area contributed by atoms with E-state index < -0.39 is 12.0 Å². The molecule has 3 rings (SSSR count). The lowest BCUT2D eigenvalue weighted by Gasteiger charge is -2.10. The maximum Gasteiger partial charge on any atom is 0.451 e. The van der Waals surface area contributed by atoms with Gasteiger partial charge in [0.1, 0.15) is 5.03 Å². The third-order valence-corrected chi connectivity index (χ3v) is 4.78. The van der Waals surface area contributed by atoms with Crippen LogP contribution in [0.3, 0.4) is 0 Å². The van der Waals surface area contributed by atoms with Crippen molar-refractivity contribution in [3.05, 3.63) is 45.3 Å². The Morgan fingerprint density at radius 1 is 1.00 bits per heavy atom. The number of nitrogens with zero attached hydrogens (tertiary/aromatic N) is 4. The Hall–Kier alpha value is -1.84. The molecular weight excluding hydrogens is 410 g/mol. The number of alkyl halides is 3. The zero-order valence-electron chi connectivity index (χ0n) is 13.3. The van der Waals surface area contributed by atoms with Crippen LogP contribution in [0.25, 0.3) is 11.4 Å². The van der Waals surface area contributed by atoms with Gasteiger partial charge < -0.3 is 0 Å². The molecule has 0 unspecified atom stereocenters. The molecule has 3 aromatic rings. The van der Waals surface area contributed by atoms with E-state index >= 15 is 0 Å². The number of rotatable bonds is 3. The SMILES string of the molecule is Cc1nc(C(F)(F)F)nc(Sc2n[nH]c(-c3cc(Cl)cc(Cl)c3)n2)c1C. The Balaban J connectivity index is 1.93. The fourth-order valence-corrected chi connectivity index (χ4v) is 3.39. The van der Waals surface area contributed by atoms with Crippen LogP contribution in [0, 0.1) is 13.8 Å². The summed E-state index contributed by atoms with van der Waals surface area (Å²) in [4.78, 5) is 11.3. The maximum absolute atomic E-state index is 12.9. The van der Waals surface area contributed by atoms with Crippen LogP contribution in [0.2, 0.25) is 10.0 Å². The summed E-state index contributed by atoms with van der Waals surface area (Å²) in [5.41, 5.74) is 1.38. The van der Waals surface area contributed by atoms with Gasteiger partial charge in [0.15, 0.2) is 5.82 Å². The van der Waals surface area contributed by atoms with Gasteiger partial charge in [-0.15, -0.1) is 5.10 Å². The van der Waals surface area contributed by atoms with Gasteiger partial charge in [-0.1, -0.05) is 23.2 Å². The Bertz CT molecular complexity index is 954. The second-order valence-electron chi connectivity index (χ2n) is 5.29. The van der Waals surface area contributed by atoms with E-state index in [2.05, 4.69) is 25.1 Å². The van der Waals surface area contributed by atoms with Crippen molar-refractivity contribution in [2.24, 2.45) is 0 Å². The van der Waals surface area contributed by atoms with Crippen LogP contribution in [0.1, 0.15) is 17.1 Å². The molecule has 136 valence electrons. The van der Waals surface area contributed by atoms with Gasteiger partial charge in [0.05, 0.1) is 0 Å². The summed E-state index contributed by atoms with van der Waals surface area (Å²) < 4.78 is 38.8. The molecule has 0 fully saturated rings. The predicted octanol–water partition coefficient (Wildman–Crippen LogP) is 5.36. The quantitative estimate of drug-likeness (QED) is 0.579. The number of aromatic nitrogens is 5. The lowest BCUT2D eigenvalue weighted by Crippen LogP contribution is -2.13. The van der Waals surface area contributed by atoms with Crippen LogP contribution < -0.4 is 0 Å². The third-order valence-electron chi connectivity index (χ3n) is 3.39. The summed E-state index contributed by atoms with van der Waals surface area (Å²) in [5, 5.41) is 7.92. The number of H-pyrrole nitrogens is 1. The summed E-state index contributed by atoms with van der Waals surface area (Å²) >= 11 is 12.8. The second-order valence-corrected chi connectivity index (χ2v) is 7.12. The first-order chi connectivity index (χ1) is 12.1. The van der Waals surface area contributed by atoms with Crippen LogP contribution >= 0.6 is 35.0 Å². The molecule has 2 aromatic heterocycles. The second kappa shape index (κ2) is 7.05. The lowest BCUT2D eigenvalue weighted by molar-refractivity contribution is -0.145. The fraction of sp³-hybridized carbons (Fsp3) is 0.200. The Morgan fingerprint density at radius 3 is 2.27 bits per heavy atom. The highest BCUT2D eigenvalue weighted by Crippen LogP contribution is 2.33. The summed E-state index contributed by atoms with van der Waals surface area (Å²) in [6.07, 6.45) is -4.63. The van der Waals surface area contributed by atoms with Crippen molar-refractivity contribution < 1.29 is 13.2 Å². The lowest BCUT2D eigenvalue weighted by atomic mass is 10.2. The van der Waals surface area contributed by atoms with E-state index in [0.717, 1.165) is 11.8 Å². The molecule has 0 amide bonds. The maximum atomic E-state index is 12.9. The average molecular weight is 420 g/mol. The molecule has 0 bridgehead atoms. The van der Waals surface area contributed by atoms with E-state index in [0.29, 0.717) is 27.0 Å². The first-order valence-corrected chi connectivity index (χ1v) is 8.70. The summed E-state index contributed by atoms with van der Waals surface area (Å²) in [6.45, 7) is 3.13. The first kappa shape index (κ1) is 18.9. The van der Waals surface area contributed by atoms with Crippen molar-refractivity contribution in [2.45, 2.75) is 30.2 Å². The van der Waals surface area contributed by atoms with Crippen LogP contribution in [-0.2, 0) is 6.18 Å². The number of aryl methyl sites for hydroxylation is 1. The zero-order valence-corrected chi connectivity index (χ0v) is 15.6. The molecule has 0 atom stereocenters. The molecule has 0 aliphatic carbocycles. The number of hydrogen-bond acceptors (Lipinski definition) is 5. The molecule has 0 saturated heterocycles. The van der Waals surface area contributed by atoms with Crippen molar-refractivity contribution in [3.63, 3.8) is 0 Å². The van der Waals surface area contributed by atoms with Crippen LogP contribution in [0.5, 0.6) is 0 Å². The topological polar surface area (TPSA) is 67.3 Å². The smallest absolute Gasteiger partial charge is 0.258 e. The van der Waals surface area contributed by atoms with Crippen LogP contribution in [-0.4, -0.2) is 25.1 Å². The van der Waals surface area contributed by atoms with E-state index in [-0.39, 0.29) is 15.9 Å². The van der Waals surface area contributed by atoms with Gasteiger partial charge in [-0.3, -0.25) is 5.10 Å². The minimum atomic E-state index is -4.63. The van der Waals surface area contributed by atoms with Gasteiger partial charge in [0.2, 0.25) is 11.0 Å². The molecule has 1 aromatic carbocycles. The summed E-state index contributed by atoms with van der Waals surface area (Å²) in [7, 11) is 0. The van der Waals surface area contributed by atoms with Crippen LogP contribution in [0.15, 0.2) is 28.4 Å². The monoisotopic (exact) mass is 419 g/mol. The Kier molecular flexibility index (Phi) is 5.14. The van der Waals surface area contributed by atoms with Gasteiger partial charge in [0, 0.05) is 26.9 Å². The van der Waals surface area contributed by atoms with Gasteiger partial charge in [-0.25, -0.2) is 15.0 Å². The molecule has 0 radical (unpaired) electrons. The molecule has 5 nitrogen and oxygen atoms in total. The average Bonchev–Trinajstić information content (AvgIpc) is 2.98. The molecule has 0 aliphatic rings. The van der Waals surface area contributed by atoms with E-state index in [9.17, 15) is 13.2 Å². The highest BCUT2D eigenvalue weighted by molar-refractivity contribution is 7.99. The molecular formula is C15H10Cl2F3N5S. The van der Waals surface area contributed by atoms with Crippen molar-refractivity contribution in [2.75, 3.05) is 0 Å². The minimum Gasteiger partial charge on any atom is -0.258 e. The summed E-state index contributed by atoms with van der Waals surface area (Å²) in [6, 6.07) is 4.86. The fourth-order valence-electron chi connectivity index (χ4n) is 2.03. The van der Waals surface area contributed by atoms with Gasteiger partial charge in [0.25, 0.3) is 0 Å². The molecule has 0 spiro atoms. The normalized spacial score (nSPS) is 11.8. The Morgan fingerprint density at radius 2 is 1.65 bits per heavy atom. The standard InChI is InChI=1S/C15H10Cl2F3N5S/c1-6-7(2)21-13(15(18,19)20)23-12(6)26-14-22-11(24-25-14)8-3-9(16)5-10(17)4-8/h3-5H,1-2H3,(H,22,24,25). The third kappa shape index (κ3) is 4.11. The van der Waals surface area contributed by atoms with E-state index in [1.54, 1.807) is 25.1 Å². The molecule has 0 aliphatic heterocycles. The number of halogens is 5. The molecule has 2 heterocycles. The Labute approximate surface area is 160 Å². The number of benzene rings is 1. The molecule has 26 heavy (non-hydrogen) atoms. The predicted molar refractivity (Wildman–Crippen MR) is 92.5 cm³/mol. The summed E-state index contributed by atoms with van der Waals surface area (Å²) in [5.74, 6) is -0.808. The van der Waals surface area contributed by atoms with Crippen molar-refractivity contribution in [3.8, 4) is 11.4 Å². The van der Waals surface area contributed by atoms with E-state index in [1.807, 2.05) is 0 Å². The van der Waals surface area contributed by atoms with E-state index in [1.165, 1.54) is 6.92 Å². The van der Waals surface area contributed by atoms with Crippen LogP contribution in [0.4, 0.5) is 13.2 Å². The minimum absolute atomic E-state index is 0.138. The van der Waals surface area contributed by atoms with Crippen molar-refractivity contribution in [1.82, 2.24) is 25.1 Å². The molecule has 0 saturated carbocycles. The molecule has 11 heteroatoms. The van der Waals surface area contributed by atoms with Crippen molar-refractivity contribution >= 4 is 35.0 Å². The zero-order chi connectivity index (χ0) is 19.1. The largest absolute Gasteiger partial charge is 0.451 e. The van der Waals surface area contributed by atoms with Crippen molar-refractivity contribution in [1.29, 1.82) is 0 Å². The van der Waals surface area contributed by atoms with Gasteiger partial charge >= 0.3 is 6.18 Å². The van der Waals surface area contributed by atoms with Gasteiger partial charge in [-0.05, 0) is 43.8 Å². The first-order valence-electron chi connectivity index (χ1n) is 7.12. The molecule has 1 N–H and O–H groups in total. The van der Waals surface area contributed by atoms with E-state index in [4.69, 9.17) is 23.2 Å². The number of aromatic amines is 1. The highest BCUT2D eigenvalue weighted by atomic mass is 35.5. The number of hydrogen-bond donors (Lipinski definition) is 1. The highest BCUT2D eigenvalue weighted by Gasteiger charge is 2.35.